The second kappa shape index (κ2) is 5.54. The molecule has 0 bridgehead atoms. The topological polar surface area (TPSA) is 89.6 Å². The van der Waals surface area contributed by atoms with E-state index in [2.05, 4.69) is 20.8 Å². The lowest BCUT2D eigenvalue weighted by molar-refractivity contribution is 0.321. The largest absolute Gasteiger partial charge is 0.411 e. The van der Waals surface area contributed by atoms with Gasteiger partial charge in [-0.15, -0.1) is 0 Å². The lowest BCUT2D eigenvalue weighted by atomic mass is 10.4. The molecular weight excluding hydrogens is 136 g/mol. The number of hydrazone groups is 1. The van der Waals surface area contributed by atoms with Gasteiger partial charge in [0.05, 0.1) is 12.4 Å². The first-order valence-corrected chi connectivity index (χ1v) is 2.44. The molecule has 0 aromatic heterocycles. The van der Waals surface area contributed by atoms with Gasteiger partial charge in [0.2, 0.25) is 0 Å². The van der Waals surface area contributed by atoms with Crippen LogP contribution >= 0.6 is 0 Å². The van der Waals surface area contributed by atoms with Crippen LogP contribution in [0.2, 0.25) is 0 Å². The molecule has 0 unspecified atom stereocenters. The highest BCUT2D eigenvalue weighted by atomic mass is 16.4. The minimum absolute atomic E-state index is 0.215. The van der Waals surface area contributed by atoms with Crippen molar-refractivity contribution in [2.24, 2.45) is 15.4 Å². The quantitative estimate of drug-likeness (QED) is 0.283. The molecule has 0 aromatic carbocycles. The first kappa shape index (κ1) is 8.41. The summed E-state index contributed by atoms with van der Waals surface area (Å²) in [4.78, 5) is 0. The maximum Gasteiger partial charge on any atom is 0.126 e. The Bertz CT molecular complexity index is 149. The maximum atomic E-state index is 8.01. The predicted octanol–water partition coefficient (Wildman–Crippen LogP) is -0.518. The van der Waals surface area contributed by atoms with Crippen LogP contribution in [-0.2, 0) is 0 Å². The molecule has 10 heavy (non-hydrogen) atoms. The Balaban J connectivity index is 4.11. The number of nitrogens with zero attached hydrogens (tertiary/aromatic N) is 3. The Kier molecular flexibility index (Phi) is 4.66. The fraction of sp³-hybridized carbons (Fsp3) is 0.250. The molecule has 0 radical (unpaired) electrons. The molecule has 0 rings (SSSR count). The van der Waals surface area contributed by atoms with Gasteiger partial charge in [-0.05, 0) is 0 Å². The molecule has 0 heterocycles. The van der Waals surface area contributed by atoms with E-state index in [1.54, 1.807) is 7.05 Å². The summed E-state index contributed by atoms with van der Waals surface area (Å²) in [6, 6.07) is 0. The summed E-state index contributed by atoms with van der Waals surface area (Å²) in [5, 5.41) is 24.9. The number of nitrogens with one attached hydrogen (secondary N) is 1. The lowest BCUT2D eigenvalue weighted by Crippen LogP contribution is -2.08. The SMILES string of the molecule is CNN=C(C=NO)/C=N/O. The minimum Gasteiger partial charge on any atom is -0.411 e. The van der Waals surface area contributed by atoms with E-state index in [0.717, 1.165) is 12.4 Å². The molecule has 0 aliphatic heterocycles. The van der Waals surface area contributed by atoms with E-state index in [1.165, 1.54) is 0 Å². The molecule has 3 N–H and O–H groups in total. The zero-order chi connectivity index (χ0) is 7.82. The van der Waals surface area contributed by atoms with E-state index in [9.17, 15) is 0 Å². The first-order chi connectivity index (χ1) is 4.85. The third-order valence-electron chi connectivity index (χ3n) is 0.621. The Morgan fingerprint density at radius 2 is 1.80 bits per heavy atom. The maximum absolute atomic E-state index is 8.01. The van der Waals surface area contributed by atoms with Gasteiger partial charge in [-0.2, -0.15) is 5.10 Å². The summed E-state index contributed by atoms with van der Waals surface area (Å²) in [7, 11) is 1.57. The highest BCUT2D eigenvalue weighted by Gasteiger charge is 1.87. The molecule has 0 spiro atoms. The van der Waals surface area contributed by atoms with E-state index in [-0.39, 0.29) is 5.71 Å². The van der Waals surface area contributed by atoms with Crippen molar-refractivity contribution in [3.63, 3.8) is 0 Å². The van der Waals surface area contributed by atoms with E-state index < -0.39 is 0 Å². The number of hydrogen-bond acceptors (Lipinski definition) is 6. The highest BCUT2D eigenvalue weighted by Crippen LogP contribution is 1.67. The van der Waals surface area contributed by atoms with Crippen molar-refractivity contribution in [3.8, 4) is 0 Å². The van der Waals surface area contributed by atoms with Gasteiger partial charge in [0.1, 0.15) is 5.71 Å². The van der Waals surface area contributed by atoms with E-state index >= 15 is 0 Å². The first-order valence-electron chi connectivity index (χ1n) is 2.44. The summed E-state index contributed by atoms with van der Waals surface area (Å²) in [6.07, 6.45) is 2.05. The average molecular weight is 144 g/mol. The second-order valence-electron chi connectivity index (χ2n) is 1.25. The van der Waals surface area contributed by atoms with Gasteiger partial charge in [-0.25, -0.2) is 0 Å². The zero-order valence-electron chi connectivity index (χ0n) is 5.39. The van der Waals surface area contributed by atoms with E-state index in [0.29, 0.717) is 0 Å². The van der Waals surface area contributed by atoms with Crippen LogP contribution in [-0.4, -0.2) is 35.6 Å². The third-order valence-corrected chi connectivity index (χ3v) is 0.621. The monoisotopic (exact) mass is 144 g/mol. The molecule has 0 amide bonds. The fourth-order valence-corrected chi connectivity index (χ4v) is 0.338. The molecule has 0 saturated carbocycles. The summed E-state index contributed by atoms with van der Waals surface area (Å²) in [6.45, 7) is 0. The van der Waals surface area contributed by atoms with Gasteiger partial charge >= 0.3 is 0 Å². The molecule has 0 fully saturated rings. The number of oxime groups is 2. The molecule has 0 aliphatic carbocycles. The van der Waals surface area contributed by atoms with Gasteiger partial charge in [-0.1, -0.05) is 10.3 Å². The van der Waals surface area contributed by atoms with Gasteiger partial charge in [0.15, 0.2) is 0 Å². The molecule has 56 valence electrons. The lowest BCUT2D eigenvalue weighted by Gasteiger charge is -1.87. The summed E-state index contributed by atoms with van der Waals surface area (Å²) in [5.74, 6) is 0. The van der Waals surface area contributed by atoms with Crippen LogP contribution in [0.5, 0.6) is 0 Å². The standard InChI is InChI=1S/C4H8N4O2/c1-5-8-4(2-6-9)3-7-10/h2-3,5,9-10H,1H3/b6-2+,7-3?,8-4?. The minimum atomic E-state index is 0.215. The van der Waals surface area contributed by atoms with Crippen molar-refractivity contribution in [1.82, 2.24) is 5.43 Å². The Morgan fingerprint density at radius 3 is 2.10 bits per heavy atom. The van der Waals surface area contributed by atoms with Gasteiger partial charge in [0, 0.05) is 7.05 Å². The van der Waals surface area contributed by atoms with Crippen molar-refractivity contribution >= 4 is 18.1 Å². The molecule has 0 aliphatic rings. The van der Waals surface area contributed by atoms with Crippen molar-refractivity contribution in [2.45, 2.75) is 0 Å². The molecule has 0 atom stereocenters. The zero-order valence-corrected chi connectivity index (χ0v) is 5.39. The smallest absolute Gasteiger partial charge is 0.126 e. The highest BCUT2D eigenvalue weighted by molar-refractivity contribution is 6.55. The van der Waals surface area contributed by atoms with E-state index in [4.69, 9.17) is 10.4 Å². The van der Waals surface area contributed by atoms with Crippen LogP contribution in [0.4, 0.5) is 0 Å². The Hall–Kier alpha value is -1.59. The van der Waals surface area contributed by atoms with Crippen LogP contribution in [0.3, 0.4) is 0 Å². The average Bonchev–Trinajstić information content (AvgIpc) is 1.90. The summed E-state index contributed by atoms with van der Waals surface area (Å²) in [5.41, 5.74) is 2.64. The van der Waals surface area contributed by atoms with Gasteiger partial charge in [-0.3, -0.25) is 0 Å². The number of rotatable bonds is 3. The Labute approximate surface area is 57.5 Å². The van der Waals surface area contributed by atoms with Crippen molar-refractivity contribution in [2.75, 3.05) is 7.05 Å². The molecule has 0 saturated heterocycles. The van der Waals surface area contributed by atoms with Crippen LogP contribution in [0, 0.1) is 0 Å². The normalized spacial score (nSPS) is 13.1. The Morgan fingerprint density at radius 1 is 1.30 bits per heavy atom. The van der Waals surface area contributed by atoms with E-state index in [1.807, 2.05) is 0 Å². The second-order valence-corrected chi connectivity index (χ2v) is 1.25. The van der Waals surface area contributed by atoms with Crippen molar-refractivity contribution < 1.29 is 10.4 Å². The van der Waals surface area contributed by atoms with Gasteiger partial charge < -0.3 is 15.8 Å². The van der Waals surface area contributed by atoms with Crippen molar-refractivity contribution in [3.05, 3.63) is 0 Å². The van der Waals surface area contributed by atoms with Crippen molar-refractivity contribution in [1.29, 1.82) is 0 Å². The molecule has 0 aromatic rings. The summed E-state index contributed by atoms with van der Waals surface area (Å²) >= 11 is 0. The van der Waals surface area contributed by atoms with Crippen LogP contribution < -0.4 is 5.43 Å². The number of hydrogen-bond donors (Lipinski definition) is 3. The third kappa shape index (κ3) is 3.42. The predicted molar refractivity (Wildman–Crippen MR) is 37.1 cm³/mol. The van der Waals surface area contributed by atoms with Crippen LogP contribution in [0.1, 0.15) is 0 Å². The summed E-state index contributed by atoms with van der Waals surface area (Å²) < 4.78 is 0. The van der Waals surface area contributed by atoms with Crippen LogP contribution in [0.15, 0.2) is 15.4 Å². The molecular formula is C4H8N4O2. The molecule has 6 heteroatoms. The fourth-order valence-electron chi connectivity index (χ4n) is 0.338. The van der Waals surface area contributed by atoms with Gasteiger partial charge in [0.25, 0.3) is 0 Å². The molecule has 6 nitrogen and oxygen atoms in total. The van der Waals surface area contributed by atoms with Crippen LogP contribution in [0.25, 0.3) is 0 Å².